The number of amides is 2. The Bertz CT molecular complexity index is 586. The molecule has 1 unspecified atom stereocenters. The maximum atomic E-state index is 12.2. The largest absolute Gasteiger partial charge is 0.390 e. The average Bonchev–Trinajstić information content (AvgIpc) is 2.59. The molecule has 1 aliphatic heterocycles. The standard InChI is InChI=1S/C19H32F3N3O4/c1-17(2,12-29-15-7-5-6-10-28-15)13(23)11-14(26)25-16(27)18(3,4)24-9-8-19(20,21)22/h15,23-24H,5-12H2,1-4H3,(H,25,26,27). The fraction of sp³-hybridized carbons (Fsp3) is 0.842. The molecule has 29 heavy (non-hydrogen) atoms. The van der Waals surface area contributed by atoms with Crippen LogP contribution in [0.4, 0.5) is 13.2 Å². The smallest absolute Gasteiger partial charge is 0.353 e. The number of hydrogen-bond donors (Lipinski definition) is 3. The summed E-state index contributed by atoms with van der Waals surface area (Å²) in [6.45, 7) is 6.69. The molecule has 1 rings (SSSR count). The zero-order valence-electron chi connectivity index (χ0n) is 17.5. The van der Waals surface area contributed by atoms with E-state index in [0.717, 1.165) is 19.3 Å². The van der Waals surface area contributed by atoms with Crippen molar-refractivity contribution in [1.82, 2.24) is 10.6 Å². The van der Waals surface area contributed by atoms with Crippen LogP contribution < -0.4 is 10.6 Å². The number of carbonyl (C=O) groups is 2. The maximum Gasteiger partial charge on any atom is 0.390 e. The van der Waals surface area contributed by atoms with Gasteiger partial charge in [0.25, 0.3) is 0 Å². The highest BCUT2D eigenvalue weighted by Crippen LogP contribution is 2.23. The number of rotatable bonds is 10. The van der Waals surface area contributed by atoms with E-state index >= 15 is 0 Å². The van der Waals surface area contributed by atoms with Crippen molar-refractivity contribution in [1.29, 1.82) is 5.41 Å². The van der Waals surface area contributed by atoms with Crippen LogP contribution in [0.25, 0.3) is 0 Å². The Morgan fingerprint density at radius 2 is 1.83 bits per heavy atom. The lowest BCUT2D eigenvalue weighted by molar-refractivity contribution is -0.171. The van der Waals surface area contributed by atoms with Gasteiger partial charge in [0.15, 0.2) is 6.29 Å². The second kappa shape index (κ2) is 10.5. The molecule has 0 spiro atoms. The molecule has 0 aromatic heterocycles. The van der Waals surface area contributed by atoms with Crippen LogP contribution >= 0.6 is 0 Å². The minimum absolute atomic E-state index is 0.0847. The molecule has 0 saturated carbocycles. The zero-order valence-corrected chi connectivity index (χ0v) is 17.5. The first-order chi connectivity index (χ1) is 13.2. The number of nitrogens with one attached hydrogen (secondary N) is 3. The summed E-state index contributed by atoms with van der Waals surface area (Å²) in [4.78, 5) is 24.4. The van der Waals surface area contributed by atoms with Crippen LogP contribution in [0.1, 0.15) is 59.8 Å². The van der Waals surface area contributed by atoms with Gasteiger partial charge in [0.1, 0.15) is 0 Å². The molecule has 2 amide bonds. The van der Waals surface area contributed by atoms with Crippen molar-refractivity contribution in [3.8, 4) is 0 Å². The van der Waals surface area contributed by atoms with Crippen molar-refractivity contribution in [2.24, 2.45) is 5.41 Å². The van der Waals surface area contributed by atoms with E-state index in [1.165, 1.54) is 13.8 Å². The van der Waals surface area contributed by atoms with E-state index in [2.05, 4.69) is 10.6 Å². The lowest BCUT2D eigenvalue weighted by atomic mass is 9.86. The van der Waals surface area contributed by atoms with E-state index in [-0.39, 0.29) is 25.0 Å². The minimum atomic E-state index is -4.33. The average molecular weight is 423 g/mol. The lowest BCUT2D eigenvalue weighted by Crippen LogP contribution is -2.55. The molecule has 168 valence electrons. The van der Waals surface area contributed by atoms with Crippen LogP contribution in [0, 0.1) is 10.8 Å². The molecule has 0 bridgehead atoms. The Balaban J connectivity index is 2.45. The van der Waals surface area contributed by atoms with E-state index in [1.807, 2.05) is 0 Å². The van der Waals surface area contributed by atoms with Gasteiger partial charge in [0, 0.05) is 24.3 Å². The second-order valence-electron chi connectivity index (χ2n) is 8.44. The van der Waals surface area contributed by atoms with Crippen molar-refractivity contribution >= 4 is 17.5 Å². The van der Waals surface area contributed by atoms with Crippen LogP contribution in [0.15, 0.2) is 0 Å². The van der Waals surface area contributed by atoms with Crippen LogP contribution in [0.2, 0.25) is 0 Å². The normalized spacial score (nSPS) is 18.4. The van der Waals surface area contributed by atoms with Crippen molar-refractivity contribution < 1.29 is 32.2 Å². The van der Waals surface area contributed by atoms with Crippen molar-refractivity contribution in [2.75, 3.05) is 19.8 Å². The van der Waals surface area contributed by atoms with E-state index in [4.69, 9.17) is 14.9 Å². The van der Waals surface area contributed by atoms with Gasteiger partial charge in [-0.3, -0.25) is 14.9 Å². The first-order valence-corrected chi connectivity index (χ1v) is 9.70. The molecule has 0 aromatic carbocycles. The molecule has 3 N–H and O–H groups in total. The van der Waals surface area contributed by atoms with Gasteiger partial charge in [-0.15, -0.1) is 0 Å². The lowest BCUT2D eigenvalue weighted by Gasteiger charge is -2.30. The van der Waals surface area contributed by atoms with Gasteiger partial charge < -0.3 is 20.2 Å². The number of ether oxygens (including phenoxy) is 2. The van der Waals surface area contributed by atoms with Crippen LogP contribution in [-0.2, 0) is 19.1 Å². The van der Waals surface area contributed by atoms with Gasteiger partial charge in [0.05, 0.1) is 25.0 Å². The van der Waals surface area contributed by atoms with Gasteiger partial charge in [-0.25, -0.2) is 0 Å². The summed E-state index contributed by atoms with van der Waals surface area (Å²) in [6.07, 6.45) is -3.24. The SMILES string of the molecule is CC(C)(COC1CCCCO1)C(=N)CC(=O)NC(=O)C(C)(C)NCCC(F)(F)F. The molecule has 0 aliphatic carbocycles. The summed E-state index contributed by atoms with van der Waals surface area (Å²) in [5.41, 5.74) is -2.01. The number of carbonyl (C=O) groups excluding carboxylic acids is 2. The molecule has 1 fully saturated rings. The molecule has 0 radical (unpaired) electrons. The predicted octanol–water partition coefficient (Wildman–Crippen LogP) is 2.93. The molecule has 0 aromatic rings. The maximum absolute atomic E-state index is 12.2. The summed E-state index contributed by atoms with van der Waals surface area (Å²) < 4.78 is 47.9. The third-order valence-electron chi connectivity index (χ3n) is 4.72. The highest BCUT2D eigenvalue weighted by atomic mass is 19.4. The fourth-order valence-electron chi connectivity index (χ4n) is 2.55. The topological polar surface area (TPSA) is 101 Å². The van der Waals surface area contributed by atoms with Gasteiger partial charge in [-0.2, -0.15) is 13.2 Å². The van der Waals surface area contributed by atoms with E-state index in [0.29, 0.717) is 6.61 Å². The Hall–Kier alpha value is -1.52. The van der Waals surface area contributed by atoms with Gasteiger partial charge in [-0.05, 0) is 33.1 Å². The van der Waals surface area contributed by atoms with Crippen LogP contribution in [-0.4, -0.2) is 55.3 Å². The molecule has 1 atom stereocenters. The highest BCUT2D eigenvalue weighted by Gasteiger charge is 2.33. The highest BCUT2D eigenvalue weighted by molar-refractivity contribution is 6.08. The number of hydrogen-bond acceptors (Lipinski definition) is 6. The Kier molecular flexibility index (Phi) is 9.23. The Morgan fingerprint density at radius 3 is 2.38 bits per heavy atom. The second-order valence-corrected chi connectivity index (χ2v) is 8.44. The van der Waals surface area contributed by atoms with Gasteiger partial charge in [0.2, 0.25) is 11.8 Å². The van der Waals surface area contributed by atoms with Crippen molar-refractivity contribution in [3.63, 3.8) is 0 Å². The number of imide groups is 1. The summed E-state index contributed by atoms with van der Waals surface area (Å²) in [5.74, 6) is -1.44. The number of alkyl halides is 3. The van der Waals surface area contributed by atoms with E-state index in [9.17, 15) is 22.8 Å². The Morgan fingerprint density at radius 1 is 1.17 bits per heavy atom. The van der Waals surface area contributed by atoms with E-state index < -0.39 is 41.9 Å². The van der Waals surface area contributed by atoms with Gasteiger partial charge in [-0.1, -0.05) is 13.8 Å². The Labute approximate surface area is 169 Å². The monoisotopic (exact) mass is 423 g/mol. The van der Waals surface area contributed by atoms with Crippen LogP contribution in [0.3, 0.4) is 0 Å². The van der Waals surface area contributed by atoms with Crippen LogP contribution in [0.5, 0.6) is 0 Å². The summed E-state index contributed by atoms with van der Waals surface area (Å²) in [5, 5.41) is 12.8. The summed E-state index contributed by atoms with van der Waals surface area (Å²) in [6, 6.07) is 0. The summed E-state index contributed by atoms with van der Waals surface area (Å²) >= 11 is 0. The quantitative estimate of drug-likeness (QED) is 0.469. The zero-order chi connectivity index (χ0) is 22.3. The number of halogens is 3. The molecule has 7 nitrogen and oxygen atoms in total. The molecular formula is C19H32F3N3O4. The van der Waals surface area contributed by atoms with Crippen molar-refractivity contribution in [2.45, 2.75) is 77.8 Å². The molecule has 1 aliphatic rings. The third kappa shape index (κ3) is 9.68. The van der Waals surface area contributed by atoms with Gasteiger partial charge >= 0.3 is 6.18 Å². The third-order valence-corrected chi connectivity index (χ3v) is 4.72. The first kappa shape index (κ1) is 25.5. The summed E-state index contributed by atoms with van der Waals surface area (Å²) in [7, 11) is 0. The molecule has 1 heterocycles. The van der Waals surface area contributed by atoms with Crippen molar-refractivity contribution in [3.05, 3.63) is 0 Å². The molecular weight excluding hydrogens is 391 g/mol. The molecule has 10 heteroatoms. The molecule has 1 saturated heterocycles. The minimum Gasteiger partial charge on any atom is -0.353 e. The predicted molar refractivity (Wildman–Crippen MR) is 102 cm³/mol. The fourth-order valence-corrected chi connectivity index (χ4v) is 2.55. The van der Waals surface area contributed by atoms with E-state index in [1.54, 1.807) is 13.8 Å². The first-order valence-electron chi connectivity index (χ1n) is 9.70.